The van der Waals surface area contributed by atoms with E-state index in [2.05, 4.69) is 22.6 Å². The molecule has 2 aromatic carbocycles. The third-order valence-corrected chi connectivity index (χ3v) is 4.29. The van der Waals surface area contributed by atoms with E-state index in [1.54, 1.807) is 6.07 Å². The lowest BCUT2D eigenvalue weighted by molar-refractivity contribution is 0.622. The summed E-state index contributed by atoms with van der Waals surface area (Å²) in [6.45, 7) is 0. The zero-order valence-electron chi connectivity index (χ0n) is 9.54. The number of rotatable bonds is 3. The highest BCUT2D eigenvalue weighted by molar-refractivity contribution is 14.1. The Bertz CT molecular complexity index is 559. The fraction of sp³-hybridized carbons (Fsp3) is 0.143. The molecule has 0 bridgehead atoms. The number of benzene rings is 2. The maximum atomic E-state index is 13.1. The molecule has 0 aliphatic carbocycles. The Labute approximate surface area is 124 Å². The predicted molar refractivity (Wildman–Crippen MR) is 81.2 cm³/mol. The van der Waals surface area contributed by atoms with Crippen molar-refractivity contribution < 1.29 is 4.39 Å². The summed E-state index contributed by atoms with van der Waals surface area (Å²) in [5, 5.41) is 0.697. The average molecular weight is 376 g/mol. The summed E-state index contributed by atoms with van der Waals surface area (Å²) in [4.78, 5) is 0. The maximum absolute atomic E-state index is 13.1. The van der Waals surface area contributed by atoms with Crippen molar-refractivity contribution in [2.24, 2.45) is 5.73 Å². The van der Waals surface area contributed by atoms with Crippen LogP contribution in [0.15, 0.2) is 42.5 Å². The molecule has 0 fully saturated rings. The molecule has 0 amide bonds. The fourth-order valence-electron chi connectivity index (χ4n) is 1.78. The first-order valence-electron chi connectivity index (χ1n) is 5.51. The molecule has 0 radical (unpaired) electrons. The van der Waals surface area contributed by atoms with Crippen molar-refractivity contribution in [3.63, 3.8) is 0 Å². The van der Waals surface area contributed by atoms with E-state index in [0.29, 0.717) is 11.4 Å². The first-order chi connectivity index (χ1) is 8.56. The molecule has 1 atom stereocenters. The van der Waals surface area contributed by atoms with Gasteiger partial charge in [-0.25, -0.2) is 4.39 Å². The van der Waals surface area contributed by atoms with E-state index in [-0.39, 0.29) is 11.9 Å². The van der Waals surface area contributed by atoms with Crippen LogP contribution in [0.1, 0.15) is 17.2 Å². The smallest absolute Gasteiger partial charge is 0.123 e. The summed E-state index contributed by atoms with van der Waals surface area (Å²) < 4.78 is 14.1. The van der Waals surface area contributed by atoms with Gasteiger partial charge in [0.1, 0.15) is 5.82 Å². The van der Waals surface area contributed by atoms with Crippen LogP contribution in [0.3, 0.4) is 0 Å². The van der Waals surface area contributed by atoms with Gasteiger partial charge >= 0.3 is 0 Å². The third kappa shape index (κ3) is 3.43. The largest absolute Gasteiger partial charge is 0.324 e. The van der Waals surface area contributed by atoms with Gasteiger partial charge in [-0.2, -0.15) is 0 Å². The minimum Gasteiger partial charge on any atom is -0.324 e. The maximum Gasteiger partial charge on any atom is 0.123 e. The van der Waals surface area contributed by atoms with Gasteiger partial charge < -0.3 is 5.73 Å². The number of hydrogen-bond donors (Lipinski definition) is 1. The van der Waals surface area contributed by atoms with Gasteiger partial charge in [-0.3, -0.25) is 0 Å². The third-order valence-electron chi connectivity index (χ3n) is 2.72. The van der Waals surface area contributed by atoms with Crippen molar-refractivity contribution in [3.8, 4) is 0 Å². The number of halogens is 3. The zero-order valence-corrected chi connectivity index (χ0v) is 12.5. The Morgan fingerprint density at radius 2 is 2.00 bits per heavy atom. The molecule has 4 heteroatoms. The topological polar surface area (TPSA) is 26.0 Å². The van der Waals surface area contributed by atoms with Crippen molar-refractivity contribution in [3.05, 3.63) is 68.0 Å². The Morgan fingerprint density at radius 1 is 1.22 bits per heavy atom. The Kier molecular flexibility index (Phi) is 4.59. The van der Waals surface area contributed by atoms with E-state index in [9.17, 15) is 4.39 Å². The van der Waals surface area contributed by atoms with Gasteiger partial charge in [-0.05, 0) is 64.4 Å². The molecule has 2 N–H and O–H groups in total. The molecule has 0 aromatic heterocycles. The first-order valence-corrected chi connectivity index (χ1v) is 6.97. The van der Waals surface area contributed by atoms with Crippen LogP contribution < -0.4 is 5.73 Å². The zero-order chi connectivity index (χ0) is 13.1. The quantitative estimate of drug-likeness (QED) is 0.794. The van der Waals surface area contributed by atoms with Crippen molar-refractivity contribution in [1.29, 1.82) is 0 Å². The summed E-state index contributed by atoms with van der Waals surface area (Å²) in [7, 11) is 0. The van der Waals surface area contributed by atoms with Crippen LogP contribution in [0.2, 0.25) is 5.02 Å². The van der Waals surface area contributed by atoms with E-state index < -0.39 is 0 Å². The summed E-state index contributed by atoms with van der Waals surface area (Å²) in [6, 6.07) is 12.1. The van der Waals surface area contributed by atoms with Gasteiger partial charge in [0.15, 0.2) is 0 Å². The molecule has 1 unspecified atom stereocenters. The van der Waals surface area contributed by atoms with Gasteiger partial charge in [-0.15, -0.1) is 0 Å². The molecular weight excluding hydrogens is 364 g/mol. The molecule has 2 rings (SSSR count). The van der Waals surface area contributed by atoms with Crippen molar-refractivity contribution in [2.45, 2.75) is 12.5 Å². The fourth-order valence-corrected chi connectivity index (χ4v) is 2.30. The van der Waals surface area contributed by atoms with Gasteiger partial charge in [0.2, 0.25) is 0 Å². The Balaban J connectivity index is 2.16. The second-order valence-electron chi connectivity index (χ2n) is 4.11. The number of nitrogens with two attached hydrogens (primary N) is 1. The summed E-state index contributed by atoms with van der Waals surface area (Å²) in [5.41, 5.74) is 7.96. The lowest BCUT2D eigenvalue weighted by Gasteiger charge is -2.13. The molecule has 0 aliphatic rings. The molecule has 18 heavy (non-hydrogen) atoms. The van der Waals surface area contributed by atoms with Crippen LogP contribution in [-0.4, -0.2) is 0 Å². The molecule has 0 saturated heterocycles. The van der Waals surface area contributed by atoms with Crippen LogP contribution >= 0.6 is 34.2 Å². The normalized spacial score (nSPS) is 12.4. The van der Waals surface area contributed by atoms with Gasteiger partial charge in [0.25, 0.3) is 0 Å². The minimum atomic E-state index is -0.236. The molecule has 0 spiro atoms. The van der Waals surface area contributed by atoms with Crippen molar-refractivity contribution in [1.82, 2.24) is 0 Å². The van der Waals surface area contributed by atoms with E-state index in [1.165, 1.54) is 12.1 Å². The molecule has 94 valence electrons. The van der Waals surface area contributed by atoms with Crippen LogP contribution in [-0.2, 0) is 6.42 Å². The van der Waals surface area contributed by atoms with Crippen molar-refractivity contribution >= 4 is 34.2 Å². The van der Waals surface area contributed by atoms with Gasteiger partial charge in [0.05, 0.1) is 5.02 Å². The second kappa shape index (κ2) is 5.99. The standard InChI is InChI=1S/C14H12ClFIN/c15-12-8-10(4-5-13(12)17)14(18)7-9-2-1-3-11(16)6-9/h1-6,8,14H,7,18H2. The molecule has 2 aromatic rings. The molecule has 0 saturated carbocycles. The summed E-state index contributed by atoms with van der Waals surface area (Å²) in [5.74, 6) is -0.236. The SMILES string of the molecule is NC(Cc1cccc(F)c1)c1ccc(I)c(Cl)c1. The van der Waals surface area contributed by atoms with Crippen LogP contribution in [0.5, 0.6) is 0 Å². The highest BCUT2D eigenvalue weighted by Crippen LogP contribution is 2.24. The minimum absolute atomic E-state index is 0.179. The van der Waals surface area contributed by atoms with Gasteiger partial charge in [0, 0.05) is 9.61 Å². The Morgan fingerprint density at radius 3 is 2.67 bits per heavy atom. The van der Waals surface area contributed by atoms with Crippen molar-refractivity contribution in [2.75, 3.05) is 0 Å². The van der Waals surface area contributed by atoms with Crippen LogP contribution in [0.25, 0.3) is 0 Å². The molecule has 1 nitrogen and oxygen atoms in total. The second-order valence-corrected chi connectivity index (χ2v) is 5.68. The monoisotopic (exact) mass is 375 g/mol. The molecule has 0 aliphatic heterocycles. The average Bonchev–Trinajstić information content (AvgIpc) is 2.32. The van der Waals surface area contributed by atoms with E-state index >= 15 is 0 Å². The highest BCUT2D eigenvalue weighted by atomic mass is 127. The highest BCUT2D eigenvalue weighted by Gasteiger charge is 2.09. The lowest BCUT2D eigenvalue weighted by Crippen LogP contribution is -2.13. The number of hydrogen-bond acceptors (Lipinski definition) is 1. The van der Waals surface area contributed by atoms with Crippen LogP contribution in [0, 0.1) is 9.39 Å². The summed E-state index contributed by atoms with van der Waals surface area (Å²) >= 11 is 8.23. The Hall–Kier alpha value is -0.650. The van der Waals surface area contributed by atoms with E-state index in [4.69, 9.17) is 17.3 Å². The summed E-state index contributed by atoms with van der Waals surface area (Å²) in [6.07, 6.45) is 0.592. The van der Waals surface area contributed by atoms with Crippen LogP contribution in [0.4, 0.5) is 4.39 Å². The van der Waals surface area contributed by atoms with Gasteiger partial charge in [-0.1, -0.05) is 29.8 Å². The van der Waals surface area contributed by atoms with E-state index in [1.807, 2.05) is 24.3 Å². The molecular formula is C14H12ClFIN. The van der Waals surface area contributed by atoms with E-state index in [0.717, 1.165) is 14.7 Å². The lowest BCUT2D eigenvalue weighted by atomic mass is 10.00. The predicted octanol–water partition coefficient (Wildman–Crippen LogP) is 4.33. The molecule has 0 heterocycles. The first kappa shape index (κ1) is 13.8.